The molecule has 0 saturated carbocycles. The lowest BCUT2D eigenvalue weighted by molar-refractivity contribution is -0.122. The summed E-state index contributed by atoms with van der Waals surface area (Å²) < 4.78 is 10.4. The molecule has 1 atom stereocenters. The van der Waals surface area contributed by atoms with Gasteiger partial charge in [-0.25, -0.2) is 4.99 Å². The van der Waals surface area contributed by atoms with Crippen LogP contribution in [0.1, 0.15) is 6.42 Å². The molecule has 1 aliphatic heterocycles. The number of hydrogen-bond acceptors (Lipinski definition) is 6. The van der Waals surface area contributed by atoms with Gasteiger partial charge in [-0.15, -0.1) is 0 Å². The quantitative estimate of drug-likeness (QED) is 0.798. The Morgan fingerprint density at radius 1 is 1.19 bits per heavy atom. The Bertz CT molecular complexity index is 885. The highest BCUT2D eigenvalue weighted by molar-refractivity contribution is 8.15. The number of anilines is 1. The average Bonchev–Trinajstić information content (AvgIpc) is 3.01. The molecule has 27 heavy (non-hydrogen) atoms. The second-order valence-corrected chi connectivity index (χ2v) is 6.86. The smallest absolute Gasteiger partial charge is 0.240 e. The fourth-order valence-corrected chi connectivity index (χ4v) is 3.49. The van der Waals surface area contributed by atoms with E-state index in [1.807, 2.05) is 12.1 Å². The molecule has 0 radical (unpaired) electrons. The maximum atomic E-state index is 12.3. The third-order valence-corrected chi connectivity index (χ3v) is 4.89. The van der Waals surface area contributed by atoms with Gasteiger partial charge in [-0.05, 0) is 24.3 Å². The number of thioether (sulfide) groups is 1. The fraction of sp³-hybridized carbons (Fsp3) is 0.211. The first-order valence-electron chi connectivity index (χ1n) is 8.22. The molecule has 2 aromatic carbocycles. The number of nitrogens with zero attached hydrogens (tertiary/aromatic N) is 1. The van der Waals surface area contributed by atoms with Crippen LogP contribution in [0.3, 0.4) is 0 Å². The Balaban J connectivity index is 1.63. The van der Waals surface area contributed by atoms with Crippen molar-refractivity contribution in [3.8, 4) is 11.5 Å². The summed E-state index contributed by atoms with van der Waals surface area (Å²) in [6.07, 6.45) is 0.0403. The lowest BCUT2D eigenvalue weighted by Gasteiger charge is -2.08. The summed E-state index contributed by atoms with van der Waals surface area (Å²) in [4.78, 5) is 28.9. The van der Waals surface area contributed by atoms with E-state index in [9.17, 15) is 9.59 Å². The highest BCUT2D eigenvalue weighted by Gasteiger charge is 2.32. The fourth-order valence-electron chi connectivity index (χ4n) is 2.51. The first-order chi connectivity index (χ1) is 13.1. The minimum Gasteiger partial charge on any atom is -0.497 e. The van der Waals surface area contributed by atoms with Gasteiger partial charge < -0.3 is 20.1 Å². The van der Waals surface area contributed by atoms with Crippen molar-refractivity contribution in [2.24, 2.45) is 4.99 Å². The highest BCUT2D eigenvalue weighted by atomic mass is 32.2. The Kier molecular flexibility index (Phi) is 5.97. The van der Waals surface area contributed by atoms with E-state index < -0.39 is 5.25 Å². The lowest BCUT2D eigenvalue weighted by atomic mass is 10.2. The molecule has 1 saturated heterocycles. The van der Waals surface area contributed by atoms with Crippen LogP contribution in [0.5, 0.6) is 11.5 Å². The van der Waals surface area contributed by atoms with E-state index in [-0.39, 0.29) is 18.2 Å². The number of nitrogens with one attached hydrogen (secondary N) is 2. The van der Waals surface area contributed by atoms with E-state index in [1.165, 1.54) is 11.8 Å². The number of para-hydroxylation sites is 2. The van der Waals surface area contributed by atoms with E-state index in [0.717, 1.165) is 0 Å². The van der Waals surface area contributed by atoms with Gasteiger partial charge in [0.2, 0.25) is 11.8 Å². The number of hydrogen-bond donors (Lipinski definition) is 2. The Labute approximate surface area is 161 Å². The van der Waals surface area contributed by atoms with Gasteiger partial charge >= 0.3 is 0 Å². The van der Waals surface area contributed by atoms with Crippen molar-refractivity contribution in [1.82, 2.24) is 5.32 Å². The first kappa shape index (κ1) is 18.8. The molecule has 140 valence electrons. The largest absolute Gasteiger partial charge is 0.497 e. The van der Waals surface area contributed by atoms with Crippen LogP contribution < -0.4 is 20.1 Å². The first-order valence-corrected chi connectivity index (χ1v) is 9.10. The maximum absolute atomic E-state index is 12.3. The predicted molar refractivity (Wildman–Crippen MR) is 106 cm³/mol. The molecule has 1 heterocycles. The molecule has 1 aliphatic rings. The molecule has 7 nitrogen and oxygen atoms in total. The highest BCUT2D eigenvalue weighted by Crippen LogP contribution is 2.30. The van der Waals surface area contributed by atoms with E-state index in [1.54, 1.807) is 50.6 Å². The number of methoxy groups -OCH3 is 2. The molecule has 1 fully saturated rings. The van der Waals surface area contributed by atoms with Gasteiger partial charge in [0.05, 0.1) is 14.2 Å². The number of rotatable bonds is 6. The zero-order chi connectivity index (χ0) is 19.2. The van der Waals surface area contributed by atoms with Crippen molar-refractivity contribution in [3.63, 3.8) is 0 Å². The molecular formula is C19H19N3O4S. The Morgan fingerprint density at radius 3 is 2.78 bits per heavy atom. The molecule has 2 aromatic rings. The van der Waals surface area contributed by atoms with Crippen LogP contribution in [0.15, 0.2) is 53.5 Å². The van der Waals surface area contributed by atoms with Crippen molar-refractivity contribution in [1.29, 1.82) is 0 Å². The van der Waals surface area contributed by atoms with Gasteiger partial charge in [0, 0.05) is 18.2 Å². The number of carbonyl (C=O) groups is 2. The van der Waals surface area contributed by atoms with Crippen molar-refractivity contribution >= 4 is 40.1 Å². The normalized spacial score (nSPS) is 17.5. The number of amidine groups is 1. The zero-order valence-corrected chi connectivity index (χ0v) is 15.7. The second kappa shape index (κ2) is 8.59. The van der Waals surface area contributed by atoms with E-state index in [2.05, 4.69) is 15.6 Å². The number of amides is 2. The average molecular weight is 385 g/mol. The summed E-state index contributed by atoms with van der Waals surface area (Å²) in [6.45, 7) is 0. The summed E-state index contributed by atoms with van der Waals surface area (Å²) >= 11 is 1.23. The van der Waals surface area contributed by atoms with Crippen molar-refractivity contribution < 1.29 is 19.1 Å². The van der Waals surface area contributed by atoms with Gasteiger partial charge in [-0.2, -0.15) is 0 Å². The van der Waals surface area contributed by atoms with Gasteiger partial charge in [0.15, 0.2) is 5.17 Å². The monoisotopic (exact) mass is 385 g/mol. The number of carbonyl (C=O) groups excluding carboxylic acids is 2. The molecule has 0 aromatic heterocycles. The third kappa shape index (κ3) is 4.79. The summed E-state index contributed by atoms with van der Waals surface area (Å²) in [7, 11) is 3.12. The summed E-state index contributed by atoms with van der Waals surface area (Å²) in [6, 6.07) is 14.3. The van der Waals surface area contributed by atoms with Gasteiger partial charge in [-0.3, -0.25) is 9.59 Å². The van der Waals surface area contributed by atoms with Crippen LogP contribution in [0.25, 0.3) is 0 Å². The third-order valence-electron chi connectivity index (χ3n) is 3.81. The molecule has 0 bridgehead atoms. The summed E-state index contributed by atoms with van der Waals surface area (Å²) in [5.41, 5.74) is 1.23. The number of ether oxygens (including phenoxy) is 2. The van der Waals surface area contributed by atoms with E-state index in [4.69, 9.17) is 9.47 Å². The van der Waals surface area contributed by atoms with Crippen LogP contribution >= 0.6 is 11.8 Å². The van der Waals surface area contributed by atoms with Crippen LogP contribution in [0, 0.1) is 0 Å². The van der Waals surface area contributed by atoms with Gasteiger partial charge in [0.1, 0.15) is 22.4 Å². The zero-order valence-electron chi connectivity index (χ0n) is 14.9. The predicted octanol–water partition coefficient (Wildman–Crippen LogP) is 2.95. The summed E-state index contributed by atoms with van der Waals surface area (Å²) in [5, 5.41) is 5.39. The van der Waals surface area contributed by atoms with Crippen LogP contribution in [0.4, 0.5) is 11.4 Å². The molecular weight excluding hydrogens is 366 g/mol. The van der Waals surface area contributed by atoms with Crippen molar-refractivity contribution in [2.45, 2.75) is 11.7 Å². The molecule has 8 heteroatoms. The molecule has 3 rings (SSSR count). The molecule has 0 spiro atoms. The van der Waals surface area contributed by atoms with E-state index in [0.29, 0.717) is 28.0 Å². The Hall–Kier alpha value is -3.00. The molecule has 0 aliphatic carbocycles. The standard InChI is InChI=1S/C19H19N3O4S/c1-25-13-7-5-6-12(10-13)20-17(23)11-16-18(24)22-19(27-16)21-14-8-3-4-9-15(14)26-2/h3-10,16H,11H2,1-2H3,(H,20,23)(H,21,22,24)/t16-/m0/s1. The maximum Gasteiger partial charge on any atom is 0.240 e. The van der Waals surface area contributed by atoms with Gasteiger partial charge in [-0.1, -0.05) is 30.0 Å². The molecule has 0 unspecified atom stereocenters. The minimum atomic E-state index is -0.538. The SMILES string of the molecule is COc1cccc(NC(=O)C[C@@H]2SC(=Nc3ccccc3OC)NC2=O)c1. The van der Waals surface area contributed by atoms with Crippen molar-refractivity contribution in [3.05, 3.63) is 48.5 Å². The van der Waals surface area contributed by atoms with Gasteiger partial charge in [0.25, 0.3) is 0 Å². The Morgan fingerprint density at radius 2 is 2.00 bits per heavy atom. The lowest BCUT2D eigenvalue weighted by Crippen LogP contribution is -2.28. The molecule has 2 amide bonds. The minimum absolute atomic E-state index is 0.0403. The number of benzene rings is 2. The van der Waals surface area contributed by atoms with Crippen molar-refractivity contribution in [2.75, 3.05) is 19.5 Å². The summed E-state index contributed by atoms with van der Waals surface area (Å²) in [5.74, 6) is 0.759. The molecule has 2 N–H and O–H groups in total. The topological polar surface area (TPSA) is 89.0 Å². The number of aliphatic imine (C=N–C) groups is 1. The van der Waals surface area contributed by atoms with E-state index >= 15 is 0 Å². The van der Waals surface area contributed by atoms with Crippen LogP contribution in [0.2, 0.25) is 0 Å². The second-order valence-electron chi connectivity index (χ2n) is 5.67. The van der Waals surface area contributed by atoms with Crippen LogP contribution in [-0.4, -0.2) is 36.5 Å². The van der Waals surface area contributed by atoms with Crippen LogP contribution in [-0.2, 0) is 9.59 Å².